The Morgan fingerprint density at radius 2 is 2.10 bits per heavy atom. The first-order chi connectivity index (χ1) is 14.4. The molecule has 0 aliphatic heterocycles. The molecular formula is C22H22F2N4O2. The molecule has 2 heterocycles. The molecule has 2 aromatic heterocycles. The Hall–Kier alpha value is -3.42. The highest BCUT2D eigenvalue weighted by atomic mass is 19.2. The summed E-state index contributed by atoms with van der Waals surface area (Å²) >= 11 is 0. The third-order valence-electron chi connectivity index (χ3n) is 5.21. The maximum absolute atomic E-state index is 13.7. The summed E-state index contributed by atoms with van der Waals surface area (Å²) in [5.41, 5.74) is 1.99. The number of ether oxygens (including phenoxy) is 1. The molecule has 0 bridgehead atoms. The van der Waals surface area contributed by atoms with E-state index in [1.807, 2.05) is 13.0 Å². The Morgan fingerprint density at radius 1 is 1.30 bits per heavy atom. The van der Waals surface area contributed by atoms with Gasteiger partial charge >= 0.3 is 5.56 Å². The number of aryl methyl sites for hydroxylation is 1. The minimum absolute atomic E-state index is 0.0661. The van der Waals surface area contributed by atoms with E-state index in [-0.39, 0.29) is 18.2 Å². The Morgan fingerprint density at radius 3 is 2.83 bits per heavy atom. The molecule has 1 unspecified atom stereocenters. The van der Waals surface area contributed by atoms with Gasteiger partial charge in [0.1, 0.15) is 0 Å². The maximum atomic E-state index is 13.7. The molecule has 2 N–H and O–H groups in total. The van der Waals surface area contributed by atoms with Gasteiger partial charge in [-0.25, -0.2) is 8.78 Å². The van der Waals surface area contributed by atoms with Crippen molar-refractivity contribution in [2.45, 2.75) is 26.8 Å². The molecule has 1 aliphatic rings. The van der Waals surface area contributed by atoms with E-state index in [2.05, 4.69) is 28.3 Å². The molecule has 0 fully saturated rings. The van der Waals surface area contributed by atoms with Crippen molar-refractivity contribution >= 4 is 17.7 Å². The number of rotatable bonds is 5. The third kappa shape index (κ3) is 3.72. The molecule has 6 nitrogen and oxygen atoms in total. The summed E-state index contributed by atoms with van der Waals surface area (Å²) in [5.74, 6) is -1.29. The number of anilines is 1. The van der Waals surface area contributed by atoms with Crippen LogP contribution in [0.25, 0.3) is 11.8 Å². The molecule has 0 saturated carbocycles. The Kier molecular flexibility index (Phi) is 5.15. The van der Waals surface area contributed by atoms with E-state index in [9.17, 15) is 13.6 Å². The molecule has 0 radical (unpaired) electrons. The number of nitrogens with zero attached hydrogens (tertiary/aromatic N) is 2. The smallest absolute Gasteiger partial charge is 0.316 e. The molecule has 30 heavy (non-hydrogen) atoms. The summed E-state index contributed by atoms with van der Waals surface area (Å²) in [6.45, 7) is 4.25. The Bertz CT molecular complexity index is 1290. The van der Waals surface area contributed by atoms with Gasteiger partial charge in [0, 0.05) is 27.9 Å². The fourth-order valence-electron chi connectivity index (χ4n) is 3.65. The summed E-state index contributed by atoms with van der Waals surface area (Å²) in [7, 11) is 1.38. The minimum Gasteiger partial charge on any atom is -0.490 e. The zero-order valence-corrected chi connectivity index (χ0v) is 16.9. The molecule has 0 amide bonds. The van der Waals surface area contributed by atoms with Crippen LogP contribution >= 0.6 is 0 Å². The van der Waals surface area contributed by atoms with E-state index in [0.29, 0.717) is 11.5 Å². The number of benzene rings is 1. The van der Waals surface area contributed by atoms with E-state index < -0.39 is 17.2 Å². The van der Waals surface area contributed by atoms with Crippen LogP contribution in [0, 0.1) is 24.5 Å². The summed E-state index contributed by atoms with van der Waals surface area (Å²) in [4.78, 5) is 19.8. The average molecular weight is 412 g/mol. The zero-order chi connectivity index (χ0) is 21.4. The molecule has 8 heteroatoms. The lowest BCUT2D eigenvalue weighted by Crippen LogP contribution is -2.34. The molecule has 1 atom stereocenters. The largest absolute Gasteiger partial charge is 0.490 e. The van der Waals surface area contributed by atoms with Gasteiger partial charge in [-0.05, 0) is 37.1 Å². The number of aromatic nitrogens is 3. The van der Waals surface area contributed by atoms with Crippen LogP contribution in [0.2, 0.25) is 0 Å². The number of fused-ring (bicyclic) bond motifs is 1. The lowest BCUT2D eigenvalue weighted by Gasteiger charge is -2.21. The van der Waals surface area contributed by atoms with Crippen LogP contribution in [0.5, 0.6) is 5.75 Å². The maximum Gasteiger partial charge on any atom is 0.316 e. The second kappa shape index (κ2) is 7.78. The van der Waals surface area contributed by atoms with Crippen molar-refractivity contribution in [1.82, 2.24) is 14.5 Å². The molecule has 3 aromatic rings. The van der Waals surface area contributed by atoms with Crippen molar-refractivity contribution in [2.24, 2.45) is 5.92 Å². The number of aromatic amines is 1. The monoisotopic (exact) mass is 412 g/mol. The van der Waals surface area contributed by atoms with Crippen molar-refractivity contribution in [1.29, 1.82) is 0 Å². The zero-order valence-electron chi connectivity index (χ0n) is 16.9. The van der Waals surface area contributed by atoms with Gasteiger partial charge in [0.15, 0.2) is 11.6 Å². The van der Waals surface area contributed by atoms with Crippen LogP contribution in [0.4, 0.5) is 14.7 Å². The van der Waals surface area contributed by atoms with Gasteiger partial charge < -0.3 is 19.6 Å². The average Bonchev–Trinajstić information content (AvgIpc) is 3.09. The number of hydrogen-bond donors (Lipinski definition) is 2. The first kappa shape index (κ1) is 19.9. The second-order valence-electron chi connectivity index (χ2n) is 7.47. The molecule has 4 rings (SSSR count). The number of H-pyrrole nitrogens is 1. The lowest BCUT2D eigenvalue weighted by atomic mass is 9.98. The Labute approximate surface area is 171 Å². The SMILES string of the molecule is COc1cn(Cc2ccc(F)c(F)c2)c(NC2=c3cc(C)[nH]c3=CCC2C)nc1=O. The van der Waals surface area contributed by atoms with E-state index >= 15 is 0 Å². The van der Waals surface area contributed by atoms with Crippen molar-refractivity contribution in [3.8, 4) is 5.75 Å². The minimum atomic E-state index is -0.929. The molecular weight excluding hydrogens is 390 g/mol. The van der Waals surface area contributed by atoms with Crippen molar-refractivity contribution < 1.29 is 13.5 Å². The normalized spacial score (nSPS) is 15.5. The third-order valence-corrected chi connectivity index (χ3v) is 5.21. The van der Waals surface area contributed by atoms with E-state index in [0.717, 1.165) is 40.5 Å². The molecule has 1 aromatic carbocycles. The number of methoxy groups -OCH3 is 1. The van der Waals surface area contributed by atoms with Gasteiger partial charge in [-0.1, -0.05) is 19.1 Å². The standard InChI is InChI=1S/C22H22F2N4O2/c1-12-4-7-18-15(8-13(2)25-18)20(12)26-22-27-21(29)19(30-3)11-28(22)10-14-5-6-16(23)17(24)9-14/h5-9,11-12,25H,4,10H2,1-3H3,(H,26,27,29). The van der Waals surface area contributed by atoms with Crippen molar-refractivity contribution in [3.63, 3.8) is 0 Å². The van der Waals surface area contributed by atoms with Crippen LogP contribution in [-0.2, 0) is 6.54 Å². The van der Waals surface area contributed by atoms with Crippen molar-refractivity contribution in [3.05, 3.63) is 74.3 Å². The van der Waals surface area contributed by atoms with Gasteiger partial charge in [0.25, 0.3) is 0 Å². The summed E-state index contributed by atoms with van der Waals surface area (Å²) < 4.78 is 33.8. The van der Waals surface area contributed by atoms with Gasteiger partial charge in [0.05, 0.1) is 19.9 Å². The molecule has 156 valence electrons. The lowest BCUT2D eigenvalue weighted by molar-refractivity contribution is 0.402. The molecule has 0 spiro atoms. The van der Waals surface area contributed by atoms with Crippen LogP contribution in [-0.4, -0.2) is 21.6 Å². The highest BCUT2D eigenvalue weighted by Gasteiger charge is 2.18. The van der Waals surface area contributed by atoms with Crippen LogP contribution in [0.3, 0.4) is 0 Å². The van der Waals surface area contributed by atoms with Crippen LogP contribution in [0.1, 0.15) is 24.6 Å². The van der Waals surface area contributed by atoms with E-state index in [1.54, 1.807) is 4.57 Å². The topological polar surface area (TPSA) is 71.9 Å². The van der Waals surface area contributed by atoms with Gasteiger partial charge in [-0.3, -0.25) is 4.79 Å². The first-order valence-electron chi connectivity index (χ1n) is 9.62. The predicted molar refractivity (Wildman–Crippen MR) is 111 cm³/mol. The van der Waals surface area contributed by atoms with E-state index in [4.69, 9.17) is 4.74 Å². The summed E-state index contributed by atoms with van der Waals surface area (Å²) in [5, 5.41) is 5.36. The van der Waals surface area contributed by atoms with E-state index in [1.165, 1.54) is 19.4 Å². The van der Waals surface area contributed by atoms with Gasteiger partial charge in [0.2, 0.25) is 11.7 Å². The van der Waals surface area contributed by atoms with Gasteiger partial charge in [-0.2, -0.15) is 4.98 Å². The van der Waals surface area contributed by atoms with Crippen LogP contribution < -0.4 is 26.2 Å². The van der Waals surface area contributed by atoms with Crippen LogP contribution in [0.15, 0.2) is 35.3 Å². The highest BCUT2D eigenvalue weighted by molar-refractivity contribution is 5.64. The van der Waals surface area contributed by atoms with Crippen molar-refractivity contribution in [2.75, 3.05) is 12.4 Å². The highest BCUT2D eigenvalue weighted by Crippen LogP contribution is 2.21. The fraction of sp³-hybridized carbons (Fsp3) is 0.273. The predicted octanol–water partition coefficient (Wildman–Crippen LogP) is 2.26. The summed E-state index contributed by atoms with van der Waals surface area (Å²) in [6, 6.07) is 5.74. The number of nitrogens with one attached hydrogen (secondary N) is 2. The quantitative estimate of drug-likeness (QED) is 0.674. The fourth-order valence-corrected chi connectivity index (χ4v) is 3.65. The Balaban J connectivity index is 1.81. The van der Waals surface area contributed by atoms with Gasteiger partial charge in [-0.15, -0.1) is 0 Å². The molecule has 0 saturated heterocycles. The first-order valence-corrected chi connectivity index (χ1v) is 9.62. The molecule has 1 aliphatic carbocycles. The summed E-state index contributed by atoms with van der Waals surface area (Å²) in [6.07, 6.45) is 4.50. The second-order valence-corrected chi connectivity index (χ2v) is 7.47. The number of hydrogen-bond acceptors (Lipinski definition) is 4. The number of halogens is 2.